The molecule has 1 fully saturated rings. The summed E-state index contributed by atoms with van der Waals surface area (Å²) < 4.78 is 52.0. The molecule has 1 atom stereocenters. The van der Waals surface area contributed by atoms with Crippen LogP contribution in [-0.2, 0) is 0 Å². The summed E-state index contributed by atoms with van der Waals surface area (Å²) >= 11 is 0. The molecule has 0 saturated carbocycles. The number of carbonyl (C=O) groups excluding carboxylic acids is 1. The lowest BCUT2D eigenvalue weighted by molar-refractivity contribution is -0.184. The van der Waals surface area contributed by atoms with Crippen LogP contribution in [0.15, 0.2) is 24.3 Å². The molecule has 3 nitrogen and oxygen atoms in total. The van der Waals surface area contributed by atoms with E-state index in [4.69, 9.17) is 0 Å². The van der Waals surface area contributed by atoms with E-state index in [0.717, 1.165) is 0 Å². The predicted octanol–water partition coefficient (Wildman–Crippen LogP) is 4.10. The minimum Gasteiger partial charge on any atom is -0.338 e. The van der Waals surface area contributed by atoms with Gasteiger partial charge in [-0.15, -0.1) is 0 Å². The summed E-state index contributed by atoms with van der Waals surface area (Å²) in [6.45, 7) is 1.57. The lowest BCUT2D eigenvalue weighted by Crippen LogP contribution is -2.44. The van der Waals surface area contributed by atoms with Crippen LogP contribution in [0.5, 0.6) is 0 Å². The smallest absolute Gasteiger partial charge is 0.338 e. The number of hydrogen-bond acceptors (Lipinski definition) is 2. The highest BCUT2D eigenvalue weighted by Crippen LogP contribution is 2.33. The van der Waals surface area contributed by atoms with E-state index >= 15 is 0 Å². The summed E-state index contributed by atoms with van der Waals surface area (Å²) in [5.74, 6) is -2.38. The minimum absolute atomic E-state index is 0.0432. The van der Waals surface area contributed by atoms with Gasteiger partial charge < -0.3 is 4.90 Å². The summed E-state index contributed by atoms with van der Waals surface area (Å²) in [4.78, 5) is 18.1. The molecule has 2 heterocycles. The molecular weight excluding hydrogens is 324 g/mol. The number of halogens is 4. The molecule has 24 heavy (non-hydrogen) atoms. The molecule has 2 aromatic rings. The number of carbonyl (C=O) groups is 1. The first-order valence-electron chi connectivity index (χ1n) is 7.68. The predicted molar refractivity (Wildman–Crippen MR) is 81.1 cm³/mol. The monoisotopic (exact) mass is 340 g/mol. The topological polar surface area (TPSA) is 33.2 Å². The molecule has 7 heteroatoms. The maximum atomic E-state index is 13.3. The molecule has 1 aromatic carbocycles. The standard InChI is InChI=1S/C17H16F4N2O/c1-10-14(7-11-4-5-13(18)8-15(11)22-10)16(24)23-6-2-3-12(9-23)17(19,20)21/h4-5,7-8,12H,2-3,6,9H2,1H3. The summed E-state index contributed by atoms with van der Waals surface area (Å²) in [5.41, 5.74) is 1.06. The molecule has 1 aromatic heterocycles. The normalized spacial score (nSPS) is 18.9. The summed E-state index contributed by atoms with van der Waals surface area (Å²) in [7, 11) is 0. The van der Waals surface area contributed by atoms with Gasteiger partial charge in [0.15, 0.2) is 0 Å². The Labute approximate surface area is 136 Å². The van der Waals surface area contributed by atoms with Crippen LogP contribution >= 0.6 is 0 Å². The zero-order chi connectivity index (χ0) is 17.5. The Kier molecular flexibility index (Phi) is 4.19. The van der Waals surface area contributed by atoms with Crippen molar-refractivity contribution in [2.75, 3.05) is 13.1 Å². The van der Waals surface area contributed by atoms with Gasteiger partial charge in [0.05, 0.1) is 22.7 Å². The van der Waals surface area contributed by atoms with Crippen molar-refractivity contribution in [2.45, 2.75) is 25.9 Å². The second kappa shape index (κ2) is 6.03. The fourth-order valence-electron chi connectivity index (χ4n) is 3.05. The van der Waals surface area contributed by atoms with E-state index in [1.54, 1.807) is 13.0 Å². The summed E-state index contributed by atoms with van der Waals surface area (Å²) in [6.07, 6.45) is -3.93. The zero-order valence-corrected chi connectivity index (χ0v) is 13.0. The lowest BCUT2D eigenvalue weighted by atomic mass is 9.96. The van der Waals surface area contributed by atoms with Gasteiger partial charge >= 0.3 is 6.18 Å². The number of aryl methyl sites for hydroxylation is 1. The van der Waals surface area contributed by atoms with Gasteiger partial charge in [0.25, 0.3) is 5.91 Å². The van der Waals surface area contributed by atoms with Gasteiger partial charge in [0, 0.05) is 24.5 Å². The number of pyridine rings is 1. The second-order valence-corrected chi connectivity index (χ2v) is 6.09. The first kappa shape index (κ1) is 16.7. The molecule has 0 radical (unpaired) electrons. The van der Waals surface area contributed by atoms with E-state index in [0.29, 0.717) is 29.6 Å². The van der Waals surface area contributed by atoms with Crippen LogP contribution in [0.3, 0.4) is 0 Å². The van der Waals surface area contributed by atoms with Crippen molar-refractivity contribution < 1.29 is 22.4 Å². The van der Waals surface area contributed by atoms with E-state index in [2.05, 4.69) is 4.98 Å². The van der Waals surface area contributed by atoms with Crippen molar-refractivity contribution in [1.82, 2.24) is 9.88 Å². The molecule has 0 N–H and O–H groups in total. The first-order valence-corrected chi connectivity index (χ1v) is 7.68. The highest BCUT2D eigenvalue weighted by Gasteiger charge is 2.42. The first-order chi connectivity index (χ1) is 11.3. The van der Waals surface area contributed by atoms with E-state index in [1.807, 2.05) is 0 Å². The second-order valence-electron chi connectivity index (χ2n) is 6.09. The number of benzene rings is 1. The minimum atomic E-state index is -4.30. The molecule has 0 spiro atoms. The Morgan fingerprint density at radius 2 is 2.04 bits per heavy atom. The summed E-state index contributed by atoms with van der Waals surface area (Å²) in [5, 5.41) is 0.578. The molecule has 1 unspecified atom stereocenters. The maximum Gasteiger partial charge on any atom is 0.393 e. The Hall–Kier alpha value is -2.18. The van der Waals surface area contributed by atoms with Gasteiger partial charge in [-0.25, -0.2) is 4.39 Å². The van der Waals surface area contributed by atoms with Crippen LogP contribution < -0.4 is 0 Å². The molecule has 3 rings (SSSR count). The molecule has 0 aliphatic carbocycles. The molecular formula is C17H16F4N2O. The Morgan fingerprint density at radius 3 is 2.75 bits per heavy atom. The van der Waals surface area contributed by atoms with Gasteiger partial charge in [-0.1, -0.05) is 0 Å². The van der Waals surface area contributed by atoms with E-state index in [-0.39, 0.29) is 18.5 Å². The van der Waals surface area contributed by atoms with Crippen LogP contribution in [0.1, 0.15) is 28.9 Å². The van der Waals surface area contributed by atoms with Gasteiger partial charge in [-0.3, -0.25) is 9.78 Å². The van der Waals surface area contributed by atoms with E-state index in [9.17, 15) is 22.4 Å². The molecule has 1 saturated heterocycles. The van der Waals surface area contributed by atoms with Crippen LogP contribution in [0.2, 0.25) is 0 Å². The van der Waals surface area contributed by atoms with Crippen LogP contribution in [-0.4, -0.2) is 35.1 Å². The van der Waals surface area contributed by atoms with Crippen LogP contribution in [0.4, 0.5) is 17.6 Å². The van der Waals surface area contributed by atoms with Gasteiger partial charge in [-0.2, -0.15) is 13.2 Å². The van der Waals surface area contributed by atoms with Crippen molar-refractivity contribution in [2.24, 2.45) is 5.92 Å². The number of rotatable bonds is 1. The van der Waals surface area contributed by atoms with Crippen molar-refractivity contribution in [1.29, 1.82) is 0 Å². The Bertz CT molecular complexity index is 788. The third kappa shape index (κ3) is 3.20. The number of amides is 1. The number of fused-ring (bicyclic) bond motifs is 1. The lowest BCUT2D eigenvalue weighted by Gasteiger charge is -2.34. The third-order valence-electron chi connectivity index (χ3n) is 4.37. The fourth-order valence-corrected chi connectivity index (χ4v) is 3.05. The molecule has 1 aliphatic rings. The Morgan fingerprint density at radius 1 is 1.29 bits per heavy atom. The SMILES string of the molecule is Cc1nc2cc(F)ccc2cc1C(=O)N1CCCC(C(F)(F)F)C1. The maximum absolute atomic E-state index is 13.3. The molecule has 128 valence electrons. The number of hydrogen-bond donors (Lipinski definition) is 0. The summed E-state index contributed by atoms with van der Waals surface area (Å²) in [6, 6.07) is 5.59. The largest absolute Gasteiger partial charge is 0.393 e. The quantitative estimate of drug-likeness (QED) is 0.733. The molecule has 1 aliphatic heterocycles. The highest BCUT2D eigenvalue weighted by molar-refractivity contribution is 5.98. The number of nitrogens with zero attached hydrogens (tertiary/aromatic N) is 2. The fraction of sp³-hybridized carbons (Fsp3) is 0.412. The van der Waals surface area contributed by atoms with E-state index < -0.39 is 23.8 Å². The third-order valence-corrected chi connectivity index (χ3v) is 4.37. The number of likely N-dealkylation sites (tertiary alicyclic amines) is 1. The van der Waals surface area contributed by atoms with Crippen molar-refractivity contribution in [3.8, 4) is 0 Å². The highest BCUT2D eigenvalue weighted by atomic mass is 19.4. The van der Waals surface area contributed by atoms with Gasteiger partial charge in [-0.05, 0) is 38.0 Å². The van der Waals surface area contributed by atoms with Crippen molar-refractivity contribution in [3.05, 3.63) is 41.3 Å². The van der Waals surface area contributed by atoms with E-state index in [1.165, 1.54) is 23.1 Å². The number of aromatic nitrogens is 1. The average Bonchev–Trinajstić information content (AvgIpc) is 2.53. The van der Waals surface area contributed by atoms with Gasteiger partial charge in [0.2, 0.25) is 0 Å². The zero-order valence-electron chi connectivity index (χ0n) is 13.0. The number of piperidine rings is 1. The van der Waals surface area contributed by atoms with Crippen LogP contribution in [0.25, 0.3) is 10.9 Å². The Balaban J connectivity index is 1.90. The van der Waals surface area contributed by atoms with Crippen molar-refractivity contribution in [3.63, 3.8) is 0 Å². The van der Waals surface area contributed by atoms with Crippen LogP contribution in [0, 0.1) is 18.7 Å². The van der Waals surface area contributed by atoms with Crippen molar-refractivity contribution >= 4 is 16.8 Å². The number of alkyl halides is 3. The molecule has 0 bridgehead atoms. The average molecular weight is 340 g/mol. The van der Waals surface area contributed by atoms with Gasteiger partial charge in [0.1, 0.15) is 5.82 Å². The molecule has 1 amide bonds.